The average Bonchev–Trinajstić information content (AvgIpc) is 3.11. The van der Waals surface area contributed by atoms with Gasteiger partial charge in [-0.1, -0.05) is 11.3 Å². The maximum absolute atomic E-state index is 12.3. The molecule has 2 aromatic heterocycles. The van der Waals surface area contributed by atoms with Crippen LogP contribution in [0, 0.1) is 6.92 Å². The van der Waals surface area contributed by atoms with Gasteiger partial charge in [0.05, 0.1) is 16.4 Å². The molecule has 0 saturated heterocycles. The summed E-state index contributed by atoms with van der Waals surface area (Å²) in [6.07, 6.45) is 3.45. The minimum Gasteiger partial charge on any atom is -0.435 e. The number of aryl methyl sites for hydroxylation is 1. The first-order valence-corrected chi connectivity index (χ1v) is 7.91. The van der Waals surface area contributed by atoms with E-state index in [9.17, 15) is 13.6 Å². The lowest BCUT2D eigenvalue weighted by Gasteiger charge is -2.10. The molecule has 0 saturated carbocycles. The van der Waals surface area contributed by atoms with Crippen molar-refractivity contribution in [2.75, 3.05) is 5.32 Å². The van der Waals surface area contributed by atoms with Gasteiger partial charge in [0.25, 0.3) is 5.91 Å². The van der Waals surface area contributed by atoms with Gasteiger partial charge in [-0.3, -0.25) is 9.48 Å². The summed E-state index contributed by atoms with van der Waals surface area (Å²) in [5.74, 6) is -0.208. The van der Waals surface area contributed by atoms with Crippen molar-refractivity contribution in [3.05, 3.63) is 36.2 Å². The first-order chi connectivity index (χ1) is 11.4. The molecular formula is C15H14F2N4O2S. The number of anilines is 1. The van der Waals surface area contributed by atoms with E-state index in [4.69, 9.17) is 0 Å². The summed E-state index contributed by atoms with van der Waals surface area (Å²) >= 11 is 1.19. The first-order valence-electron chi connectivity index (χ1n) is 7.09. The van der Waals surface area contributed by atoms with Crippen LogP contribution in [0.1, 0.15) is 18.5 Å². The second-order valence-corrected chi connectivity index (χ2v) is 6.22. The lowest BCUT2D eigenvalue weighted by atomic mass is 10.3. The highest BCUT2D eigenvalue weighted by atomic mass is 32.1. The number of aromatic nitrogens is 3. The maximum atomic E-state index is 12.3. The van der Waals surface area contributed by atoms with Crippen molar-refractivity contribution < 1.29 is 18.3 Å². The van der Waals surface area contributed by atoms with E-state index in [1.165, 1.54) is 23.5 Å². The standard InChI is InChI=1S/C15H14F2N4O2S/c1-8-6-18-21(7-8)9(2)13(22)20-15-19-11-4-3-10(23-14(16)17)5-12(11)24-15/h3-7,9,14H,1-2H3,(H,19,20,22). The van der Waals surface area contributed by atoms with Gasteiger partial charge in [-0.2, -0.15) is 13.9 Å². The Hall–Kier alpha value is -2.55. The van der Waals surface area contributed by atoms with Crippen LogP contribution < -0.4 is 10.1 Å². The van der Waals surface area contributed by atoms with E-state index < -0.39 is 12.7 Å². The molecule has 0 aliphatic carbocycles. The van der Waals surface area contributed by atoms with Gasteiger partial charge >= 0.3 is 6.61 Å². The summed E-state index contributed by atoms with van der Waals surface area (Å²) in [6, 6.07) is 3.95. The summed E-state index contributed by atoms with van der Waals surface area (Å²) in [4.78, 5) is 16.6. The average molecular weight is 352 g/mol. The van der Waals surface area contributed by atoms with Gasteiger partial charge in [-0.05, 0) is 37.6 Å². The van der Waals surface area contributed by atoms with E-state index in [2.05, 4.69) is 20.1 Å². The van der Waals surface area contributed by atoms with Crippen molar-refractivity contribution in [3.63, 3.8) is 0 Å². The van der Waals surface area contributed by atoms with Crippen LogP contribution in [-0.2, 0) is 4.79 Å². The van der Waals surface area contributed by atoms with Crippen molar-refractivity contribution in [1.29, 1.82) is 0 Å². The van der Waals surface area contributed by atoms with Gasteiger partial charge in [-0.15, -0.1) is 0 Å². The number of hydrogen-bond donors (Lipinski definition) is 1. The predicted octanol–water partition coefficient (Wildman–Crippen LogP) is 3.60. The maximum Gasteiger partial charge on any atom is 0.387 e. The Morgan fingerprint density at radius 2 is 2.21 bits per heavy atom. The molecule has 3 rings (SSSR count). The number of nitrogens with zero attached hydrogens (tertiary/aromatic N) is 3. The fraction of sp³-hybridized carbons (Fsp3) is 0.267. The van der Waals surface area contributed by atoms with Crippen molar-refractivity contribution >= 4 is 32.6 Å². The minimum absolute atomic E-state index is 0.0550. The highest BCUT2D eigenvalue weighted by molar-refractivity contribution is 7.22. The molecule has 6 nitrogen and oxygen atoms in total. The highest BCUT2D eigenvalue weighted by Crippen LogP contribution is 2.30. The summed E-state index contributed by atoms with van der Waals surface area (Å²) < 4.78 is 31.1. The van der Waals surface area contributed by atoms with Crippen LogP contribution in [0.15, 0.2) is 30.6 Å². The summed E-state index contributed by atoms with van der Waals surface area (Å²) in [5, 5.41) is 7.22. The molecule has 1 unspecified atom stereocenters. The largest absolute Gasteiger partial charge is 0.435 e. The van der Waals surface area contributed by atoms with E-state index in [0.717, 1.165) is 5.56 Å². The Kier molecular flexibility index (Phi) is 4.43. The highest BCUT2D eigenvalue weighted by Gasteiger charge is 2.17. The van der Waals surface area contributed by atoms with Crippen LogP contribution in [0.3, 0.4) is 0 Å². The number of rotatable bonds is 5. The number of alkyl halides is 2. The minimum atomic E-state index is -2.88. The molecule has 3 aromatic rings. The lowest BCUT2D eigenvalue weighted by molar-refractivity contribution is -0.119. The summed E-state index contributed by atoms with van der Waals surface area (Å²) in [5.41, 5.74) is 1.56. The Labute approximate surface area is 140 Å². The van der Waals surface area contributed by atoms with E-state index >= 15 is 0 Å². The Bertz CT molecular complexity index is 877. The third-order valence-electron chi connectivity index (χ3n) is 3.32. The molecule has 24 heavy (non-hydrogen) atoms. The number of benzene rings is 1. The molecule has 0 spiro atoms. The topological polar surface area (TPSA) is 69.0 Å². The molecule has 1 aromatic carbocycles. The van der Waals surface area contributed by atoms with Gasteiger partial charge < -0.3 is 10.1 Å². The molecule has 2 heterocycles. The van der Waals surface area contributed by atoms with Gasteiger partial charge in [0.15, 0.2) is 5.13 Å². The number of nitrogens with one attached hydrogen (secondary N) is 1. The summed E-state index contributed by atoms with van der Waals surface area (Å²) in [7, 11) is 0. The van der Waals surface area contributed by atoms with E-state index in [-0.39, 0.29) is 11.7 Å². The SMILES string of the molecule is Cc1cnn(C(C)C(=O)Nc2nc3ccc(OC(F)F)cc3s2)c1. The normalized spacial score (nSPS) is 12.5. The second-order valence-electron chi connectivity index (χ2n) is 5.19. The Morgan fingerprint density at radius 1 is 1.42 bits per heavy atom. The van der Waals surface area contributed by atoms with Crippen molar-refractivity contribution in [2.24, 2.45) is 0 Å². The van der Waals surface area contributed by atoms with Crippen molar-refractivity contribution in [2.45, 2.75) is 26.5 Å². The quantitative estimate of drug-likeness (QED) is 0.762. The monoisotopic (exact) mass is 352 g/mol. The number of ether oxygens (including phenoxy) is 1. The zero-order chi connectivity index (χ0) is 17.3. The fourth-order valence-electron chi connectivity index (χ4n) is 2.11. The van der Waals surface area contributed by atoms with Crippen LogP contribution in [0.5, 0.6) is 5.75 Å². The van der Waals surface area contributed by atoms with Crippen LogP contribution in [0.25, 0.3) is 10.2 Å². The molecule has 126 valence electrons. The summed E-state index contributed by atoms with van der Waals surface area (Å²) in [6.45, 7) is 0.734. The number of hydrogen-bond acceptors (Lipinski definition) is 5. The zero-order valence-corrected chi connectivity index (χ0v) is 13.7. The lowest BCUT2D eigenvalue weighted by Crippen LogP contribution is -2.23. The van der Waals surface area contributed by atoms with Gasteiger partial charge in [0, 0.05) is 6.20 Å². The molecule has 9 heteroatoms. The fourth-order valence-corrected chi connectivity index (χ4v) is 3.01. The molecular weight excluding hydrogens is 338 g/mol. The van der Waals surface area contributed by atoms with Crippen molar-refractivity contribution in [3.8, 4) is 5.75 Å². The van der Waals surface area contributed by atoms with Gasteiger partial charge in [0.2, 0.25) is 0 Å². The number of fused-ring (bicyclic) bond motifs is 1. The van der Waals surface area contributed by atoms with Crippen LogP contribution in [0.4, 0.5) is 13.9 Å². The first kappa shape index (κ1) is 16.3. The molecule has 0 radical (unpaired) electrons. The number of halogens is 2. The smallest absolute Gasteiger partial charge is 0.387 e. The third kappa shape index (κ3) is 3.51. The second kappa shape index (κ2) is 6.52. The molecule has 1 amide bonds. The number of thiazole rings is 1. The number of carbonyl (C=O) groups excluding carboxylic acids is 1. The molecule has 0 bridgehead atoms. The Morgan fingerprint density at radius 3 is 2.88 bits per heavy atom. The predicted molar refractivity (Wildman–Crippen MR) is 86.6 cm³/mol. The van der Waals surface area contributed by atoms with Crippen molar-refractivity contribution in [1.82, 2.24) is 14.8 Å². The zero-order valence-electron chi connectivity index (χ0n) is 12.9. The molecule has 0 aliphatic heterocycles. The molecule has 1 atom stereocenters. The third-order valence-corrected chi connectivity index (χ3v) is 4.26. The van der Waals surface area contributed by atoms with Gasteiger partial charge in [0.1, 0.15) is 11.8 Å². The van der Waals surface area contributed by atoms with E-state index in [1.54, 1.807) is 30.1 Å². The molecule has 0 fully saturated rings. The van der Waals surface area contributed by atoms with Crippen LogP contribution in [-0.4, -0.2) is 27.3 Å². The molecule has 0 aliphatic rings. The van der Waals surface area contributed by atoms with Crippen LogP contribution >= 0.6 is 11.3 Å². The van der Waals surface area contributed by atoms with Gasteiger partial charge in [-0.25, -0.2) is 4.98 Å². The number of carbonyl (C=O) groups is 1. The molecule has 1 N–H and O–H groups in total. The Balaban J connectivity index is 1.76. The van der Waals surface area contributed by atoms with E-state index in [1.807, 2.05) is 6.92 Å². The number of amides is 1. The van der Waals surface area contributed by atoms with Crippen LogP contribution in [0.2, 0.25) is 0 Å². The van der Waals surface area contributed by atoms with E-state index in [0.29, 0.717) is 15.3 Å².